The minimum absolute atomic E-state index is 0.00973. The number of carbonyl (C=O) groups excluding carboxylic acids is 1. The van der Waals surface area contributed by atoms with E-state index in [2.05, 4.69) is 14.9 Å². The summed E-state index contributed by atoms with van der Waals surface area (Å²) in [5.41, 5.74) is -0.799. The molecular formula is C19H28N4O3. The fourth-order valence-electron chi connectivity index (χ4n) is 3.98. The molecule has 2 aliphatic heterocycles. The fraction of sp³-hybridized carbons (Fsp3) is 0.684. The van der Waals surface area contributed by atoms with Crippen molar-refractivity contribution < 1.29 is 14.7 Å². The van der Waals surface area contributed by atoms with E-state index < -0.39 is 11.4 Å². The van der Waals surface area contributed by atoms with Crippen LogP contribution in [-0.2, 0) is 9.59 Å². The number of aliphatic carboxylic acids is 1. The number of anilines is 1. The Bertz CT molecular complexity index is 641. The number of carboxylic acid groups (broad SMARTS) is 1. The number of rotatable bonds is 4. The highest BCUT2D eigenvalue weighted by atomic mass is 16.4. The maximum absolute atomic E-state index is 13.0. The van der Waals surface area contributed by atoms with Crippen LogP contribution in [0.4, 0.5) is 5.95 Å². The SMILES string of the molecule is CC(C)(C(=O)O)[C@H]1CCCN(C(=O)C2CCN(c3ncccn3)CC2)C1. The molecule has 0 bridgehead atoms. The zero-order valence-electron chi connectivity index (χ0n) is 15.6. The summed E-state index contributed by atoms with van der Waals surface area (Å²) in [6, 6.07) is 1.80. The average Bonchev–Trinajstić information content (AvgIpc) is 2.68. The highest BCUT2D eigenvalue weighted by Crippen LogP contribution is 2.35. The number of hydrogen-bond acceptors (Lipinski definition) is 5. The number of hydrogen-bond donors (Lipinski definition) is 1. The van der Waals surface area contributed by atoms with Crippen LogP contribution in [0.25, 0.3) is 0 Å². The van der Waals surface area contributed by atoms with Gasteiger partial charge in [0.2, 0.25) is 11.9 Å². The van der Waals surface area contributed by atoms with Crippen LogP contribution in [-0.4, -0.2) is 58.0 Å². The largest absolute Gasteiger partial charge is 0.481 e. The predicted octanol–water partition coefficient (Wildman–Crippen LogP) is 2.04. The molecule has 3 rings (SSSR count). The van der Waals surface area contributed by atoms with Gasteiger partial charge in [-0.15, -0.1) is 0 Å². The second kappa shape index (κ2) is 7.60. The lowest BCUT2D eigenvalue weighted by Crippen LogP contribution is -2.50. The summed E-state index contributed by atoms with van der Waals surface area (Å²) < 4.78 is 0. The van der Waals surface area contributed by atoms with Gasteiger partial charge in [0.05, 0.1) is 5.41 Å². The van der Waals surface area contributed by atoms with Crippen LogP contribution in [0.1, 0.15) is 39.5 Å². The topological polar surface area (TPSA) is 86.6 Å². The Labute approximate surface area is 154 Å². The summed E-state index contributed by atoms with van der Waals surface area (Å²) in [6.07, 6.45) is 6.80. The van der Waals surface area contributed by atoms with Crippen molar-refractivity contribution in [1.29, 1.82) is 0 Å². The first-order valence-electron chi connectivity index (χ1n) is 9.43. The van der Waals surface area contributed by atoms with Crippen molar-refractivity contribution in [3.8, 4) is 0 Å². The van der Waals surface area contributed by atoms with E-state index in [4.69, 9.17) is 0 Å². The molecule has 0 aliphatic carbocycles. The molecule has 1 aromatic rings. The summed E-state index contributed by atoms with van der Waals surface area (Å²) >= 11 is 0. The normalized spacial score (nSPS) is 22.3. The fourth-order valence-corrected chi connectivity index (χ4v) is 3.98. The molecule has 0 radical (unpaired) electrons. The van der Waals surface area contributed by atoms with Gasteiger partial charge < -0.3 is 14.9 Å². The highest BCUT2D eigenvalue weighted by Gasteiger charge is 2.41. The molecule has 7 nitrogen and oxygen atoms in total. The maximum Gasteiger partial charge on any atom is 0.309 e. The Morgan fingerprint density at radius 2 is 1.77 bits per heavy atom. The third-order valence-electron chi connectivity index (χ3n) is 5.98. The van der Waals surface area contributed by atoms with Crippen molar-refractivity contribution in [3.05, 3.63) is 18.5 Å². The predicted molar refractivity (Wildman–Crippen MR) is 97.7 cm³/mol. The lowest BCUT2D eigenvalue weighted by Gasteiger charge is -2.41. The van der Waals surface area contributed by atoms with E-state index in [0.717, 1.165) is 51.3 Å². The molecule has 26 heavy (non-hydrogen) atoms. The van der Waals surface area contributed by atoms with E-state index in [1.165, 1.54) is 0 Å². The van der Waals surface area contributed by atoms with E-state index >= 15 is 0 Å². The molecule has 142 valence electrons. The summed E-state index contributed by atoms with van der Waals surface area (Å²) in [7, 11) is 0. The summed E-state index contributed by atoms with van der Waals surface area (Å²) in [5.74, 6) is 0.147. The number of amides is 1. The quantitative estimate of drug-likeness (QED) is 0.884. The molecule has 0 spiro atoms. The highest BCUT2D eigenvalue weighted by molar-refractivity contribution is 5.79. The lowest BCUT2D eigenvalue weighted by molar-refractivity contribution is -0.154. The number of nitrogens with zero attached hydrogens (tertiary/aromatic N) is 4. The maximum atomic E-state index is 13.0. The van der Waals surface area contributed by atoms with Crippen molar-refractivity contribution in [2.75, 3.05) is 31.1 Å². The molecule has 1 atom stereocenters. The average molecular weight is 360 g/mol. The molecule has 0 unspecified atom stereocenters. The van der Waals surface area contributed by atoms with Crippen LogP contribution in [0.2, 0.25) is 0 Å². The summed E-state index contributed by atoms with van der Waals surface area (Å²) in [5, 5.41) is 9.48. The first kappa shape index (κ1) is 18.6. The lowest BCUT2D eigenvalue weighted by atomic mass is 9.74. The van der Waals surface area contributed by atoms with Crippen LogP contribution >= 0.6 is 0 Å². The first-order chi connectivity index (χ1) is 12.4. The van der Waals surface area contributed by atoms with Gasteiger partial charge in [-0.3, -0.25) is 9.59 Å². The van der Waals surface area contributed by atoms with E-state index in [0.29, 0.717) is 6.54 Å². The summed E-state index contributed by atoms with van der Waals surface area (Å²) in [6.45, 7) is 6.39. The molecule has 0 aromatic carbocycles. The van der Waals surface area contributed by atoms with Gasteiger partial charge in [-0.05, 0) is 51.5 Å². The molecule has 3 heterocycles. The molecular weight excluding hydrogens is 332 g/mol. The number of piperidine rings is 2. The van der Waals surface area contributed by atoms with E-state index in [9.17, 15) is 14.7 Å². The van der Waals surface area contributed by atoms with Gasteiger partial charge >= 0.3 is 5.97 Å². The molecule has 0 saturated carbocycles. The van der Waals surface area contributed by atoms with Gasteiger partial charge in [0.1, 0.15) is 0 Å². The Balaban J connectivity index is 1.57. The van der Waals surface area contributed by atoms with Crippen LogP contribution in [0, 0.1) is 17.3 Å². The van der Waals surface area contributed by atoms with E-state index in [-0.39, 0.29) is 17.7 Å². The first-order valence-corrected chi connectivity index (χ1v) is 9.43. The summed E-state index contributed by atoms with van der Waals surface area (Å²) in [4.78, 5) is 37.1. The van der Waals surface area contributed by atoms with Crippen LogP contribution < -0.4 is 4.90 Å². The second-order valence-electron chi connectivity index (χ2n) is 7.96. The van der Waals surface area contributed by atoms with Crippen molar-refractivity contribution in [1.82, 2.24) is 14.9 Å². The van der Waals surface area contributed by atoms with Gasteiger partial charge in [-0.2, -0.15) is 0 Å². The van der Waals surface area contributed by atoms with Crippen molar-refractivity contribution in [3.63, 3.8) is 0 Å². The van der Waals surface area contributed by atoms with Crippen LogP contribution in [0.5, 0.6) is 0 Å². The van der Waals surface area contributed by atoms with Gasteiger partial charge in [0.25, 0.3) is 0 Å². The van der Waals surface area contributed by atoms with E-state index in [1.54, 1.807) is 32.3 Å². The minimum atomic E-state index is -0.799. The van der Waals surface area contributed by atoms with E-state index in [1.807, 2.05) is 4.90 Å². The van der Waals surface area contributed by atoms with Crippen molar-refractivity contribution in [2.24, 2.45) is 17.3 Å². The number of carboxylic acids is 1. The third kappa shape index (κ3) is 3.81. The van der Waals surface area contributed by atoms with Crippen LogP contribution in [0.3, 0.4) is 0 Å². The molecule has 1 amide bonds. The monoisotopic (exact) mass is 360 g/mol. The Morgan fingerprint density at radius 1 is 1.12 bits per heavy atom. The van der Waals surface area contributed by atoms with Gasteiger partial charge in [0, 0.05) is 44.5 Å². The van der Waals surface area contributed by atoms with Crippen molar-refractivity contribution >= 4 is 17.8 Å². The molecule has 2 aliphatic rings. The van der Waals surface area contributed by atoms with Gasteiger partial charge in [-0.25, -0.2) is 9.97 Å². The Hall–Kier alpha value is -2.18. The molecule has 1 aromatic heterocycles. The second-order valence-corrected chi connectivity index (χ2v) is 7.96. The molecule has 2 saturated heterocycles. The van der Waals surface area contributed by atoms with Crippen LogP contribution in [0.15, 0.2) is 18.5 Å². The number of aromatic nitrogens is 2. The van der Waals surface area contributed by atoms with Gasteiger partial charge in [0.15, 0.2) is 0 Å². The molecule has 2 fully saturated rings. The number of carbonyl (C=O) groups is 2. The zero-order valence-corrected chi connectivity index (χ0v) is 15.6. The molecule has 7 heteroatoms. The Morgan fingerprint density at radius 3 is 2.38 bits per heavy atom. The van der Waals surface area contributed by atoms with Crippen molar-refractivity contribution in [2.45, 2.75) is 39.5 Å². The molecule has 1 N–H and O–H groups in total. The standard InChI is InChI=1S/C19H28N4O3/c1-19(2,17(25)26)15-5-3-10-23(13-15)16(24)14-6-11-22(12-7-14)18-20-8-4-9-21-18/h4,8-9,14-15H,3,5-7,10-13H2,1-2H3,(H,25,26)/t15-/m0/s1. The van der Waals surface area contributed by atoms with Gasteiger partial charge in [-0.1, -0.05) is 0 Å². The Kier molecular flexibility index (Phi) is 5.44. The number of likely N-dealkylation sites (tertiary alicyclic amines) is 1. The smallest absolute Gasteiger partial charge is 0.309 e. The third-order valence-corrected chi connectivity index (χ3v) is 5.98. The zero-order chi connectivity index (χ0) is 18.7. The minimum Gasteiger partial charge on any atom is -0.481 e.